The molecule has 0 spiro atoms. The van der Waals surface area contributed by atoms with Crippen molar-refractivity contribution in [3.63, 3.8) is 0 Å². The minimum Gasteiger partial charge on any atom is -0.480 e. The van der Waals surface area contributed by atoms with Crippen LogP contribution in [0.2, 0.25) is 0 Å². The average Bonchev–Trinajstić information content (AvgIpc) is 2.77. The van der Waals surface area contributed by atoms with Crippen molar-refractivity contribution in [1.29, 1.82) is 0 Å². The van der Waals surface area contributed by atoms with E-state index in [9.17, 15) is 14.7 Å². The van der Waals surface area contributed by atoms with Crippen molar-refractivity contribution in [3.05, 3.63) is 96.1 Å². The quantitative estimate of drug-likeness (QED) is 0.452. The number of amides is 1. The molecule has 2 N–H and O–H groups in total. The molecule has 0 bridgehead atoms. The van der Waals surface area contributed by atoms with Crippen molar-refractivity contribution in [2.75, 3.05) is 0 Å². The number of rotatable bonds is 6. The van der Waals surface area contributed by atoms with Crippen LogP contribution in [0.15, 0.2) is 84.9 Å². The highest BCUT2D eigenvalue weighted by Crippen LogP contribution is 2.29. The van der Waals surface area contributed by atoms with Gasteiger partial charge in [0.05, 0.1) is 0 Å². The second-order valence-corrected chi connectivity index (χ2v) is 7.10. The van der Waals surface area contributed by atoms with Crippen LogP contribution >= 0.6 is 0 Å². The Morgan fingerprint density at radius 3 is 2.00 bits per heavy atom. The highest BCUT2D eigenvalue weighted by Gasteiger charge is 2.23. The Morgan fingerprint density at radius 2 is 1.40 bits per heavy atom. The molecule has 0 radical (unpaired) electrons. The lowest BCUT2D eigenvalue weighted by Gasteiger charge is -2.18. The predicted octanol–water partition coefficient (Wildman–Crippen LogP) is 4.92. The molecule has 0 saturated carbocycles. The number of aliphatic carboxylic acids is 1. The van der Waals surface area contributed by atoms with Gasteiger partial charge in [-0.1, -0.05) is 78.9 Å². The highest BCUT2D eigenvalue weighted by atomic mass is 16.5. The van der Waals surface area contributed by atoms with Crippen LogP contribution in [-0.4, -0.2) is 23.2 Å². The van der Waals surface area contributed by atoms with Crippen molar-refractivity contribution in [1.82, 2.24) is 5.32 Å². The SMILES string of the molecule is O=C(N[C@H](Cc1c2ccccc2cc2ccccc12)C(=O)O)OCc1ccccc1. The first-order valence-corrected chi connectivity index (χ1v) is 9.71. The number of alkyl carbamates (subject to hydrolysis) is 1. The first kappa shape index (κ1) is 19.5. The second-order valence-electron chi connectivity index (χ2n) is 7.10. The summed E-state index contributed by atoms with van der Waals surface area (Å²) < 4.78 is 5.21. The normalized spacial score (nSPS) is 11.9. The van der Waals surface area contributed by atoms with E-state index >= 15 is 0 Å². The fourth-order valence-electron chi connectivity index (χ4n) is 3.64. The molecule has 4 aromatic carbocycles. The van der Waals surface area contributed by atoms with Crippen LogP contribution in [-0.2, 0) is 22.6 Å². The molecule has 30 heavy (non-hydrogen) atoms. The van der Waals surface area contributed by atoms with E-state index in [1.54, 1.807) is 0 Å². The number of ether oxygens (including phenoxy) is 1. The molecule has 0 unspecified atom stereocenters. The van der Waals surface area contributed by atoms with Crippen molar-refractivity contribution < 1.29 is 19.4 Å². The van der Waals surface area contributed by atoms with Crippen LogP contribution in [0.5, 0.6) is 0 Å². The third kappa shape index (κ3) is 4.25. The van der Waals surface area contributed by atoms with Gasteiger partial charge in [0.2, 0.25) is 0 Å². The summed E-state index contributed by atoms with van der Waals surface area (Å²) >= 11 is 0. The molecule has 0 saturated heterocycles. The van der Waals surface area contributed by atoms with E-state index in [4.69, 9.17) is 4.74 Å². The molecule has 1 amide bonds. The van der Waals surface area contributed by atoms with E-state index in [0.717, 1.165) is 32.7 Å². The van der Waals surface area contributed by atoms with E-state index in [2.05, 4.69) is 11.4 Å². The number of carbonyl (C=O) groups is 2. The van der Waals surface area contributed by atoms with Gasteiger partial charge in [-0.15, -0.1) is 0 Å². The molecule has 0 aromatic heterocycles. The maximum atomic E-state index is 12.3. The molecule has 0 fully saturated rings. The predicted molar refractivity (Wildman–Crippen MR) is 116 cm³/mol. The summed E-state index contributed by atoms with van der Waals surface area (Å²) in [4.78, 5) is 24.2. The Labute approximate surface area is 173 Å². The number of carboxylic acid groups (broad SMARTS) is 1. The second kappa shape index (κ2) is 8.66. The van der Waals surface area contributed by atoms with Gasteiger partial charge in [-0.05, 0) is 38.7 Å². The molecule has 5 nitrogen and oxygen atoms in total. The molecule has 4 aromatic rings. The third-order valence-electron chi connectivity index (χ3n) is 5.09. The van der Waals surface area contributed by atoms with E-state index in [1.807, 2.05) is 78.9 Å². The van der Waals surface area contributed by atoms with Gasteiger partial charge in [-0.2, -0.15) is 0 Å². The van der Waals surface area contributed by atoms with Gasteiger partial charge in [-0.25, -0.2) is 9.59 Å². The summed E-state index contributed by atoms with van der Waals surface area (Å²) in [6, 6.07) is 25.9. The van der Waals surface area contributed by atoms with Crippen LogP contribution in [0.4, 0.5) is 4.79 Å². The van der Waals surface area contributed by atoms with Crippen molar-refractivity contribution in [3.8, 4) is 0 Å². The number of benzene rings is 4. The van der Waals surface area contributed by atoms with Gasteiger partial charge in [0.1, 0.15) is 12.6 Å². The number of hydrogen-bond donors (Lipinski definition) is 2. The summed E-state index contributed by atoms with van der Waals surface area (Å²) in [6.45, 7) is 0.0796. The van der Waals surface area contributed by atoms with Crippen LogP contribution in [0.1, 0.15) is 11.1 Å². The smallest absolute Gasteiger partial charge is 0.408 e. The first-order chi connectivity index (χ1) is 14.6. The number of nitrogens with one attached hydrogen (secondary N) is 1. The summed E-state index contributed by atoms with van der Waals surface area (Å²) in [5.74, 6) is -1.11. The summed E-state index contributed by atoms with van der Waals surface area (Å²) in [5.41, 5.74) is 1.72. The average molecular weight is 399 g/mol. The van der Waals surface area contributed by atoms with Crippen LogP contribution in [0.3, 0.4) is 0 Å². The fourth-order valence-corrected chi connectivity index (χ4v) is 3.64. The molecule has 4 rings (SSSR count). The summed E-state index contributed by atoms with van der Waals surface area (Å²) in [7, 11) is 0. The van der Waals surface area contributed by atoms with Gasteiger partial charge < -0.3 is 15.2 Å². The lowest BCUT2D eigenvalue weighted by Crippen LogP contribution is -2.42. The van der Waals surface area contributed by atoms with E-state index in [0.29, 0.717) is 0 Å². The van der Waals surface area contributed by atoms with Gasteiger partial charge in [0, 0.05) is 6.42 Å². The van der Waals surface area contributed by atoms with E-state index in [-0.39, 0.29) is 13.0 Å². The molecule has 0 heterocycles. The van der Waals surface area contributed by atoms with Gasteiger partial charge in [0.25, 0.3) is 0 Å². The lowest BCUT2D eigenvalue weighted by atomic mass is 9.92. The zero-order valence-corrected chi connectivity index (χ0v) is 16.2. The van der Waals surface area contributed by atoms with Crippen molar-refractivity contribution in [2.24, 2.45) is 0 Å². The first-order valence-electron chi connectivity index (χ1n) is 9.71. The van der Waals surface area contributed by atoms with E-state index < -0.39 is 18.1 Å². The minimum absolute atomic E-state index is 0.0796. The molecule has 5 heteroatoms. The molecular weight excluding hydrogens is 378 g/mol. The lowest BCUT2D eigenvalue weighted by molar-refractivity contribution is -0.139. The van der Waals surface area contributed by atoms with Crippen LogP contribution in [0.25, 0.3) is 21.5 Å². The maximum Gasteiger partial charge on any atom is 0.408 e. The largest absolute Gasteiger partial charge is 0.480 e. The standard InChI is InChI=1S/C25H21NO4/c27-24(28)23(26-25(29)30-16-17-8-2-1-3-9-17)15-22-20-12-6-4-10-18(20)14-19-11-5-7-13-21(19)22/h1-14,23H,15-16H2,(H,26,29)(H,27,28)/t23-/m1/s1. The number of fused-ring (bicyclic) bond motifs is 2. The Bertz CT molecular complexity index is 1150. The Hall–Kier alpha value is -3.86. The topological polar surface area (TPSA) is 75.6 Å². The van der Waals surface area contributed by atoms with Crippen molar-refractivity contribution >= 4 is 33.6 Å². The van der Waals surface area contributed by atoms with Crippen molar-refractivity contribution in [2.45, 2.75) is 19.1 Å². The Morgan fingerprint density at radius 1 is 0.833 bits per heavy atom. The molecule has 1 atom stereocenters. The molecule has 150 valence electrons. The summed E-state index contributed by atoms with van der Waals surface area (Å²) in [5, 5.41) is 16.3. The molecule has 0 aliphatic rings. The van der Waals surface area contributed by atoms with Gasteiger partial charge in [-0.3, -0.25) is 0 Å². The van der Waals surface area contributed by atoms with Crippen LogP contribution in [0, 0.1) is 0 Å². The number of hydrogen-bond acceptors (Lipinski definition) is 3. The summed E-state index contributed by atoms with van der Waals surface area (Å²) in [6.07, 6.45) is -0.603. The zero-order chi connectivity index (χ0) is 20.9. The van der Waals surface area contributed by atoms with Gasteiger partial charge in [0.15, 0.2) is 0 Å². The molecule has 0 aliphatic heterocycles. The third-order valence-corrected chi connectivity index (χ3v) is 5.09. The zero-order valence-electron chi connectivity index (χ0n) is 16.2. The van der Waals surface area contributed by atoms with E-state index in [1.165, 1.54) is 0 Å². The minimum atomic E-state index is -1.11. The fraction of sp³-hybridized carbons (Fsp3) is 0.120. The number of carbonyl (C=O) groups excluding carboxylic acids is 1. The molecule has 0 aliphatic carbocycles. The monoisotopic (exact) mass is 399 g/mol. The maximum absolute atomic E-state index is 12.3. The Kier molecular flexibility index (Phi) is 5.61. The van der Waals surface area contributed by atoms with Crippen LogP contribution < -0.4 is 5.32 Å². The highest BCUT2D eigenvalue weighted by molar-refractivity contribution is 6.02. The van der Waals surface area contributed by atoms with Gasteiger partial charge >= 0.3 is 12.1 Å². The Balaban J connectivity index is 1.59. The molecular formula is C25H21NO4. The number of carboxylic acids is 1.